The van der Waals surface area contributed by atoms with Crippen LogP contribution in [0.1, 0.15) is 0 Å². The Morgan fingerprint density at radius 2 is 1.11 bits per heavy atom. The van der Waals surface area contributed by atoms with Crippen molar-refractivity contribution in [3.05, 3.63) is 170 Å². The third kappa shape index (κ3) is 3.86. The van der Waals surface area contributed by atoms with Gasteiger partial charge in [0.05, 0.1) is 27.6 Å². The van der Waals surface area contributed by atoms with Crippen LogP contribution in [0.3, 0.4) is 0 Å². The molecular formula is C50H28N4O. The van der Waals surface area contributed by atoms with Crippen molar-refractivity contribution in [1.29, 1.82) is 0 Å². The fourth-order valence-electron chi connectivity index (χ4n) is 9.23. The highest BCUT2D eigenvalue weighted by atomic mass is 16.3. The summed E-state index contributed by atoms with van der Waals surface area (Å²) >= 11 is 0. The molecule has 0 amide bonds. The van der Waals surface area contributed by atoms with Crippen LogP contribution in [0.15, 0.2) is 174 Å². The summed E-state index contributed by atoms with van der Waals surface area (Å²) in [7, 11) is 0. The Balaban J connectivity index is 1.10. The lowest BCUT2D eigenvalue weighted by Gasteiger charge is -2.11. The Morgan fingerprint density at radius 3 is 1.95 bits per heavy atom. The van der Waals surface area contributed by atoms with Crippen molar-refractivity contribution < 1.29 is 4.42 Å². The molecule has 5 nitrogen and oxygen atoms in total. The molecule has 5 heterocycles. The smallest absolute Gasteiger partial charge is 0.180 e. The molecule has 254 valence electrons. The number of para-hydroxylation sites is 3. The van der Waals surface area contributed by atoms with E-state index in [2.05, 4.69) is 142 Å². The van der Waals surface area contributed by atoms with E-state index in [4.69, 9.17) is 14.4 Å². The first-order valence-corrected chi connectivity index (χ1v) is 18.7. The number of fused-ring (bicyclic) bond motifs is 14. The minimum absolute atomic E-state index is 0.676. The van der Waals surface area contributed by atoms with E-state index < -0.39 is 0 Å². The van der Waals surface area contributed by atoms with Crippen molar-refractivity contribution in [1.82, 2.24) is 18.9 Å². The van der Waals surface area contributed by atoms with E-state index in [1.54, 1.807) is 0 Å². The molecule has 13 aromatic rings. The van der Waals surface area contributed by atoms with Gasteiger partial charge in [-0.3, -0.25) is 0 Å². The predicted molar refractivity (Wildman–Crippen MR) is 227 cm³/mol. The van der Waals surface area contributed by atoms with Crippen LogP contribution in [0.4, 0.5) is 0 Å². The van der Waals surface area contributed by atoms with Crippen LogP contribution in [0, 0.1) is 0 Å². The van der Waals surface area contributed by atoms with Crippen molar-refractivity contribution in [3.8, 4) is 28.3 Å². The maximum absolute atomic E-state index is 6.47. The van der Waals surface area contributed by atoms with Crippen molar-refractivity contribution >= 4 is 92.7 Å². The molecular weight excluding hydrogens is 673 g/mol. The second-order valence-corrected chi connectivity index (χ2v) is 14.6. The summed E-state index contributed by atoms with van der Waals surface area (Å²) in [5, 5.41) is 11.1. The fraction of sp³-hybridized carbons (Fsp3) is 0. The first kappa shape index (κ1) is 29.0. The van der Waals surface area contributed by atoms with Crippen LogP contribution in [-0.2, 0) is 0 Å². The molecule has 0 radical (unpaired) electrons. The summed E-state index contributed by atoms with van der Waals surface area (Å²) in [4.78, 5) is 10.2. The lowest BCUT2D eigenvalue weighted by atomic mass is 10.0. The Morgan fingerprint density at radius 1 is 0.436 bits per heavy atom. The van der Waals surface area contributed by atoms with Crippen LogP contribution < -0.4 is 0 Å². The highest BCUT2D eigenvalue weighted by molar-refractivity contribution is 6.34. The summed E-state index contributed by atoms with van der Waals surface area (Å²) < 4.78 is 11.4. The molecule has 0 atom stereocenters. The van der Waals surface area contributed by atoms with Gasteiger partial charge in [-0.15, -0.1) is 0 Å². The monoisotopic (exact) mass is 700 g/mol. The van der Waals surface area contributed by atoms with Gasteiger partial charge < -0.3 is 13.4 Å². The average molecular weight is 701 g/mol. The summed E-state index contributed by atoms with van der Waals surface area (Å²) in [5.41, 5.74) is 12.2. The molecule has 0 unspecified atom stereocenters. The molecule has 5 heteroatoms. The van der Waals surface area contributed by atoms with Gasteiger partial charge in [-0.25, -0.2) is 9.97 Å². The normalized spacial score (nSPS) is 12.4. The van der Waals surface area contributed by atoms with E-state index in [0.717, 1.165) is 39.0 Å². The number of rotatable bonds is 3. The second-order valence-electron chi connectivity index (χ2n) is 14.6. The lowest BCUT2D eigenvalue weighted by molar-refractivity contribution is 0.667. The van der Waals surface area contributed by atoms with Crippen molar-refractivity contribution in [3.63, 3.8) is 0 Å². The van der Waals surface area contributed by atoms with E-state index in [9.17, 15) is 0 Å². The summed E-state index contributed by atoms with van der Waals surface area (Å²) in [6, 6.07) is 60.6. The van der Waals surface area contributed by atoms with Gasteiger partial charge in [-0.2, -0.15) is 0 Å². The Kier molecular flexibility index (Phi) is 5.57. The van der Waals surface area contributed by atoms with Crippen LogP contribution >= 0.6 is 0 Å². The minimum Gasteiger partial charge on any atom is -0.452 e. The maximum Gasteiger partial charge on any atom is 0.180 e. The van der Waals surface area contributed by atoms with Gasteiger partial charge in [-0.1, -0.05) is 115 Å². The predicted octanol–water partition coefficient (Wildman–Crippen LogP) is 13.1. The molecule has 55 heavy (non-hydrogen) atoms. The largest absolute Gasteiger partial charge is 0.452 e. The molecule has 0 aliphatic carbocycles. The van der Waals surface area contributed by atoms with E-state index in [-0.39, 0.29) is 0 Å². The average Bonchev–Trinajstić information content (AvgIpc) is 3.98. The van der Waals surface area contributed by atoms with E-state index >= 15 is 0 Å². The van der Waals surface area contributed by atoms with Gasteiger partial charge in [0.2, 0.25) is 0 Å². The zero-order chi connectivity index (χ0) is 35.8. The quantitative estimate of drug-likeness (QED) is 0.184. The number of nitrogens with zero attached hydrogens (tertiary/aromatic N) is 4. The van der Waals surface area contributed by atoms with Gasteiger partial charge in [-0.05, 0) is 65.4 Å². The zero-order valence-corrected chi connectivity index (χ0v) is 29.4. The maximum atomic E-state index is 6.47. The number of hydrogen-bond donors (Lipinski definition) is 0. The van der Waals surface area contributed by atoms with E-state index in [1.807, 2.05) is 36.4 Å². The summed E-state index contributed by atoms with van der Waals surface area (Å²) in [6.45, 7) is 0. The molecule has 0 spiro atoms. The molecule has 13 rings (SSSR count). The van der Waals surface area contributed by atoms with Crippen LogP contribution in [0.2, 0.25) is 0 Å². The highest BCUT2D eigenvalue weighted by Gasteiger charge is 2.25. The Hall–Kier alpha value is -7.50. The van der Waals surface area contributed by atoms with Gasteiger partial charge in [0.25, 0.3) is 0 Å². The molecule has 5 aromatic heterocycles. The Labute approximate surface area is 313 Å². The minimum atomic E-state index is 0.676. The van der Waals surface area contributed by atoms with Crippen LogP contribution in [-0.4, -0.2) is 18.9 Å². The van der Waals surface area contributed by atoms with Crippen LogP contribution in [0.5, 0.6) is 0 Å². The number of benzene rings is 8. The topological polar surface area (TPSA) is 48.3 Å². The zero-order valence-electron chi connectivity index (χ0n) is 29.4. The summed E-state index contributed by atoms with van der Waals surface area (Å²) in [5.74, 6) is 0.676. The van der Waals surface area contributed by atoms with Crippen molar-refractivity contribution in [2.75, 3.05) is 0 Å². The number of aromatic nitrogens is 4. The number of furan rings is 1. The lowest BCUT2D eigenvalue weighted by Crippen LogP contribution is -1.96. The van der Waals surface area contributed by atoms with E-state index in [0.29, 0.717) is 11.4 Å². The van der Waals surface area contributed by atoms with Gasteiger partial charge in [0.1, 0.15) is 16.8 Å². The van der Waals surface area contributed by atoms with Gasteiger partial charge in [0.15, 0.2) is 11.4 Å². The molecule has 0 fully saturated rings. The fourth-order valence-corrected chi connectivity index (χ4v) is 9.23. The third-order valence-corrected chi connectivity index (χ3v) is 11.6. The van der Waals surface area contributed by atoms with E-state index in [1.165, 1.54) is 70.7 Å². The van der Waals surface area contributed by atoms with Crippen LogP contribution in [0.25, 0.3) is 121 Å². The second kappa shape index (κ2) is 10.6. The summed E-state index contributed by atoms with van der Waals surface area (Å²) in [6.07, 6.45) is 0. The third-order valence-electron chi connectivity index (χ3n) is 11.6. The molecule has 0 bridgehead atoms. The highest BCUT2D eigenvalue weighted by Crippen LogP contribution is 2.47. The molecule has 0 N–H and O–H groups in total. The Bertz CT molecular complexity index is 3700. The molecule has 0 saturated carbocycles. The first-order valence-electron chi connectivity index (χ1n) is 18.7. The standard InChI is InChI=1S/C50H28N4O/c1-2-12-30(13-3-1)50-51-45(49-46(52-50)36-18-8-11-21-43(36)55-49)29-22-24-33(25-23-29)53-40-19-9-6-16-34(40)38-28-39-37-26-31-14-4-5-15-32(31)27-42(37)54-41-20-10-7-17-35(41)44(47(38)53)48(39)54/h1-28H. The van der Waals surface area contributed by atoms with Gasteiger partial charge in [0, 0.05) is 54.5 Å². The molecule has 0 saturated heterocycles. The number of hydrogen-bond acceptors (Lipinski definition) is 3. The van der Waals surface area contributed by atoms with Crippen molar-refractivity contribution in [2.45, 2.75) is 0 Å². The molecule has 0 aliphatic rings. The molecule has 0 aliphatic heterocycles. The van der Waals surface area contributed by atoms with Gasteiger partial charge >= 0.3 is 0 Å². The SMILES string of the molecule is c1ccc(-c2nc(-c3ccc(-n4c5ccccc5c5cc6c7cc8ccccc8cc7n7c8ccccc8c(c54)c67)cc3)c3oc4ccccc4c3n2)cc1. The van der Waals surface area contributed by atoms with Crippen molar-refractivity contribution in [2.24, 2.45) is 0 Å². The first-order chi connectivity index (χ1) is 27.3. The molecule has 8 aromatic carbocycles.